The zero-order valence-corrected chi connectivity index (χ0v) is 14.5. The average molecular weight is 340 g/mol. The van der Waals surface area contributed by atoms with Gasteiger partial charge in [-0.3, -0.25) is 4.79 Å². The SMILES string of the molecule is Cn1ccnc1C1CCN(C(=O)[C@@H]2CCCN2S(C)(=O)=O)CC1. The molecular formula is C15H24N4O3S. The number of hydrogen-bond donors (Lipinski definition) is 0. The number of carbonyl (C=O) groups is 1. The Balaban J connectivity index is 1.63. The molecule has 0 N–H and O–H groups in total. The fourth-order valence-electron chi connectivity index (χ4n) is 3.72. The van der Waals surface area contributed by atoms with E-state index in [0.717, 1.165) is 25.1 Å². The van der Waals surface area contributed by atoms with Gasteiger partial charge in [-0.05, 0) is 25.7 Å². The third kappa shape index (κ3) is 3.28. The van der Waals surface area contributed by atoms with Gasteiger partial charge in [0.2, 0.25) is 15.9 Å². The summed E-state index contributed by atoms with van der Waals surface area (Å²) in [7, 11) is -1.33. The third-order valence-electron chi connectivity index (χ3n) is 4.94. The van der Waals surface area contributed by atoms with E-state index in [1.807, 2.05) is 22.7 Å². The number of piperidine rings is 1. The van der Waals surface area contributed by atoms with Crippen LogP contribution in [0.25, 0.3) is 0 Å². The van der Waals surface area contributed by atoms with Crippen molar-refractivity contribution in [3.8, 4) is 0 Å². The van der Waals surface area contributed by atoms with Crippen LogP contribution in [0.3, 0.4) is 0 Å². The van der Waals surface area contributed by atoms with E-state index in [2.05, 4.69) is 4.98 Å². The van der Waals surface area contributed by atoms with E-state index in [4.69, 9.17) is 0 Å². The van der Waals surface area contributed by atoms with Gasteiger partial charge in [-0.2, -0.15) is 4.31 Å². The van der Waals surface area contributed by atoms with Gasteiger partial charge in [0, 0.05) is 45.0 Å². The number of hydrogen-bond acceptors (Lipinski definition) is 4. The van der Waals surface area contributed by atoms with Gasteiger partial charge in [0.1, 0.15) is 11.9 Å². The zero-order valence-electron chi connectivity index (χ0n) is 13.7. The van der Waals surface area contributed by atoms with E-state index < -0.39 is 16.1 Å². The maximum absolute atomic E-state index is 12.7. The Morgan fingerprint density at radius 3 is 2.48 bits per heavy atom. The summed E-state index contributed by atoms with van der Waals surface area (Å²) < 4.78 is 27.0. The Morgan fingerprint density at radius 1 is 1.22 bits per heavy atom. The summed E-state index contributed by atoms with van der Waals surface area (Å²) in [5, 5.41) is 0. The monoisotopic (exact) mass is 340 g/mol. The molecule has 8 heteroatoms. The Morgan fingerprint density at radius 2 is 1.91 bits per heavy atom. The summed E-state index contributed by atoms with van der Waals surface area (Å²) in [6.45, 7) is 1.80. The van der Waals surface area contributed by atoms with E-state index in [1.165, 1.54) is 10.6 Å². The first-order valence-electron chi connectivity index (χ1n) is 8.11. The van der Waals surface area contributed by atoms with Crippen LogP contribution in [0.5, 0.6) is 0 Å². The first-order chi connectivity index (χ1) is 10.9. The maximum Gasteiger partial charge on any atom is 0.241 e. The number of nitrogens with zero attached hydrogens (tertiary/aromatic N) is 4. The minimum Gasteiger partial charge on any atom is -0.341 e. The van der Waals surface area contributed by atoms with Gasteiger partial charge in [0.05, 0.1) is 6.26 Å². The van der Waals surface area contributed by atoms with Gasteiger partial charge in [-0.1, -0.05) is 0 Å². The lowest BCUT2D eigenvalue weighted by Gasteiger charge is -2.34. The third-order valence-corrected chi connectivity index (χ3v) is 6.23. The minimum atomic E-state index is -3.31. The Kier molecular flexibility index (Phi) is 4.46. The zero-order chi connectivity index (χ0) is 16.6. The molecule has 3 rings (SSSR count). The van der Waals surface area contributed by atoms with Gasteiger partial charge in [-0.15, -0.1) is 0 Å². The molecule has 2 aliphatic rings. The molecule has 23 heavy (non-hydrogen) atoms. The van der Waals surface area contributed by atoms with Crippen molar-refractivity contribution in [3.63, 3.8) is 0 Å². The van der Waals surface area contributed by atoms with Gasteiger partial charge >= 0.3 is 0 Å². The lowest BCUT2D eigenvalue weighted by atomic mass is 9.95. The quantitative estimate of drug-likeness (QED) is 0.805. The topological polar surface area (TPSA) is 75.5 Å². The molecule has 1 amide bonds. The maximum atomic E-state index is 12.7. The molecule has 1 atom stereocenters. The summed E-state index contributed by atoms with van der Waals surface area (Å²) in [5.41, 5.74) is 0. The number of imidazole rings is 1. The van der Waals surface area contributed by atoms with Crippen LogP contribution in [-0.2, 0) is 21.9 Å². The van der Waals surface area contributed by atoms with Gasteiger partial charge in [0.25, 0.3) is 0 Å². The number of likely N-dealkylation sites (tertiary alicyclic amines) is 1. The highest BCUT2D eigenvalue weighted by molar-refractivity contribution is 7.88. The molecule has 0 saturated carbocycles. The van der Waals surface area contributed by atoms with Crippen molar-refractivity contribution in [3.05, 3.63) is 18.2 Å². The number of sulfonamides is 1. The second-order valence-electron chi connectivity index (χ2n) is 6.53. The van der Waals surface area contributed by atoms with Crippen molar-refractivity contribution in [2.75, 3.05) is 25.9 Å². The highest BCUT2D eigenvalue weighted by atomic mass is 32.2. The van der Waals surface area contributed by atoms with Crippen LogP contribution in [0.2, 0.25) is 0 Å². The molecule has 0 unspecified atom stereocenters. The van der Waals surface area contributed by atoms with Crippen LogP contribution in [0.1, 0.15) is 37.4 Å². The van der Waals surface area contributed by atoms with Gasteiger partial charge in [0.15, 0.2) is 0 Å². The molecular weight excluding hydrogens is 316 g/mol. The van der Waals surface area contributed by atoms with E-state index >= 15 is 0 Å². The molecule has 0 spiro atoms. The van der Waals surface area contributed by atoms with Crippen molar-refractivity contribution >= 4 is 15.9 Å². The normalized spacial score (nSPS) is 24.3. The molecule has 3 heterocycles. The summed E-state index contributed by atoms with van der Waals surface area (Å²) in [4.78, 5) is 18.9. The van der Waals surface area contributed by atoms with Crippen molar-refractivity contribution < 1.29 is 13.2 Å². The number of aromatic nitrogens is 2. The van der Waals surface area contributed by atoms with E-state index in [0.29, 0.717) is 32.0 Å². The molecule has 2 aliphatic heterocycles. The lowest BCUT2D eigenvalue weighted by Crippen LogP contribution is -2.49. The molecule has 0 radical (unpaired) electrons. The summed E-state index contributed by atoms with van der Waals surface area (Å²) >= 11 is 0. The highest BCUT2D eigenvalue weighted by Gasteiger charge is 2.39. The van der Waals surface area contributed by atoms with Crippen LogP contribution in [0.15, 0.2) is 12.4 Å². The van der Waals surface area contributed by atoms with Crippen LogP contribution >= 0.6 is 0 Å². The average Bonchev–Trinajstić information content (AvgIpc) is 3.15. The molecule has 0 aliphatic carbocycles. The Bertz CT molecular complexity index is 677. The number of aryl methyl sites for hydroxylation is 1. The fourth-order valence-corrected chi connectivity index (χ4v) is 4.84. The van der Waals surface area contributed by atoms with Gasteiger partial charge < -0.3 is 9.47 Å². The number of rotatable bonds is 3. The highest BCUT2D eigenvalue weighted by Crippen LogP contribution is 2.29. The summed E-state index contributed by atoms with van der Waals surface area (Å²) in [6, 6.07) is -0.505. The van der Waals surface area contributed by atoms with Crippen LogP contribution < -0.4 is 0 Å². The predicted molar refractivity (Wildman–Crippen MR) is 86.3 cm³/mol. The van der Waals surface area contributed by atoms with Crippen LogP contribution in [-0.4, -0.2) is 65.0 Å². The molecule has 2 saturated heterocycles. The van der Waals surface area contributed by atoms with E-state index in [9.17, 15) is 13.2 Å². The molecule has 0 bridgehead atoms. The van der Waals surface area contributed by atoms with Crippen LogP contribution in [0.4, 0.5) is 0 Å². The first-order valence-corrected chi connectivity index (χ1v) is 9.95. The molecule has 1 aromatic heterocycles. The van der Waals surface area contributed by atoms with Gasteiger partial charge in [-0.25, -0.2) is 13.4 Å². The van der Waals surface area contributed by atoms with Crippen molar-refractivity contribution in [1.82, 2.24) is 18.8 Å². The second kappa shape index (κ2) is 6.24. The number of carbonyl (C=O) groups excluding carboxylic acids is 1. The van der Waals surface area contributed by atoms with Crippen LogP contribution in [0, 0.1) is 0 Å². The fraction of sp³-hybridized carbons (Fsp3) is 0.733. The standard InChI is InChI=1S/C15H24N4O3S/c1-17-11-7-16-14(17)12-5-9-18(10-6-12)15(20)13-4-3-8-19(13)23(2,21)22/h7,11-13H,3-6,8-10H2,1-2H3/t13-/m0/s1. The van der Waals surface area contributed by atoms with E-state index in [1.54, 1.807) is 6.20 Å². The van der Waals surface area contributed by atoms with Crippen molar-refractivity contribution in [2.45, 2.75) is 37.6 Å². The van der Waals surface area contributed by atoms with Crippen molar-refractivity contribution in [2.24, 2.45) is 7.05 Å². The second-order valence-corrected chi connectivity index (χ2v) is 8.46. The molecule has 2 fully saturated rings. The molecule has 1 aromatic rings. The Hall–Kier alpha value is -1.41. The van der Waals surface area contributed by atoms with Crippen molar-refractivity contribution in [1.29, 1.82) is 0 Å². The molecule has 128 valence electrons. The lowest BCUT2D eigenvalue weighted by molar-refractivity contribution is -0.135. The largest absolute Gasteiger partial charge is 0.341 e. The first kappa shape index (κ1) is 16.4. The number of amides is 1. The molecule has 7 nitrogen and oxygen atoms in total. The smallest absolute Gasteiger partial charge is 0.241 e. The van der Waals surface area contributed by atoms with E-state index in [-0.39, 0.29) is 5.91 Å². The predicted octanol–water partition coefficient (Wildman–Crippen LogP) is 0.550. The summed E-state index contributed by atoms with van der Waals surface area (Å²) in [6.07, 6.45) is 8.07. The minimum absolute atomic E-state index is 0.0359. The molecule has 0 aromatic carbocycles. The Labute approximate surface area is 137 Å². The summed E-state index contributed by atoms with van der Waals surface area (Å²) in [5.74, 6) is 1.40.